The van der Waals surface area contributed by atoms with E-state index in [1.807, 2.05) is 11.8 Å². The number of fused-ring (bicyclic) bond motifs is 3. The summed E-state index contributed by atoms with van der Waals surface area (Å²) in [5.41, 5.74) is 0.577. The van der Waals surface area contributed by atoms with Crippen molar-refractivity contribution in [1.82, 2.24) is 29.0 Å². The highest BCUT2D eigenvalue weighted by Gasteiger charge is 2.42. The molecule has 26 heavy (non-hydrogen) atoms. The second kappa shape index (κ2) is 6.41. The molecule has 2 aromatic heterocycles. The third kappa shape index (κ3) is 2.68. The molecule has 1 saturated heterocycles. The SMILES string of the molecule is CCn1nccc1C(=O)N1[C@@H]2CC[C@H]1Cc1nn(CC(C)C)c(=O)n1C2. The number of aryl methyl sites for hydroxylation is 1. The van der Waals surface area contributed by atoms with Gasteiger partial charge in [0.1, 0.15) is 11.5 Å². The Hall–Kier alpha value is -2.38. The maximum Gasteiger partial charge on any atom is 0.345 e. The molecular formula is C18H26N6O2. The number of hydrogen-bond acceptors (Lipinski definition) is 4. The zero-order chi connectivity index (χ0) is 18.4. The summed E-state index contributed by atoms with van der Waals surface area (Å²) in [6, 6.07) is 1.93. The second-order valence-corrected chi connectivity index (χ2v) is 7.72. The van der Waals surface area contributed by atoms with Gasteiger partial charge in [0, 0.05) is 38.3 Å². The first-order chi connectivity index (χ1) is 12.5. The Morgan fingerprint density at radius 3 is 2.77 bits per heavy atom. The van der Waals surface area contributed by atoms with Crippen molar-refractivity contribution < 1.29 is 4.79 Å². The molecule has 8 nitrogen and oxygen atoms in total. The van der Waals surface area contributed by atoms with Crippen molar-refractivity contribution in [3.8, 4) is 0 Å². The molecule has 8 heteroatoms. The van der Waals surface area contributed by atoms with Gasteiger partial charge in [-0.3, -0.25) is 14.0 Å². The van der Waals surface area contributed by atoms with E-state index in [0.717, 1.165) is 18.7 Å². The first kappa shape index (κ1) is 17.1. The first-order valence-electron chi connectivity index (χ1n) is 9.50. The molecule has 0 spiro atoms. The quantitative estimate of drug-likeness (QED) is 0.821. The van der Waals surface area contributed by atoms with Gasteiger partial charge >= 0.3 is 5.69 Å². The van der Waals surface area contributed by atoms with E-state index in [2.05, 4.69) is 24.0 Å². The normalized spacial score (nSPS) is 21.9. The van der Waals surface area contributed by atoms with E-state index < -0.39 is 0 Å². The summed E-state index contributed by atoms with van der Waals surface area (Å²) in [5, 5.41) is 8.80. The molecule has 1 fully saturated rings. The Morgan fingerprint density at radius 2 is 2.04 bits per heavy atom. The Morgan fingerprint density at radius 1 is 1.27 bits per heavy atom. The number of carbonyl (C=O) groups is 1. The fourth-order valence-electron chi connectivity index (χ4n) is 4.28. The summed E-state index contributed by atoms with van der Waals surface area (Å²) >= 11 is 0. The van der Waals surface area contributed by atoms with Crippen LogP contribution in [0.3, 0.4) is 0 Å². The van der Waals surface area contributed by atoms with E-state index in [4.69, 9.17) is 0 Å². The Kier molecular flexibility index (Phi) is 4.20. The van der Waals surface area contributed by atoms with E-state index >= 15 is 0 Å². The van der Waals surface area contributed by atoms with Crippen LogP contribution in [0.1, 0.15) is 49.9 Å². The van der Waals surface area contributed by atoms with Crippen molar-refractivity contribution in [2.24, 2.45) is 5.92 Å². The molecule has 4 heterocycles. The molecule has 0 aromatic carbocycles. The molecule has 2 atom stereocenters. The third-order valence-electron chi connectivity index (χ3n) is 5.44. The zero-order valence-corrected chi connectivity index (χ0v) is 15.6. The van der Waals surface area contributed by atoms with Gasteiger partial charge in [-0.15, -0.1) is 0 Å². The van der Waals surface area contributed by atoms with Gasteiger partial charge in [0.05, 0.1) is 6.04 Å². The van der Waals surface area contributed by atoms with Gasteiger partial charge in [-0.25, -0.2) is 9.48 Å². The predicted octanol–water partition coefficient (Wildman–Crippen LogP) is 1.15. The molecule has 2 aromatic rings. The van der Waals surface area contributed by atoms with E-state index in [1.165, 1.54) is 0 Å². The molecule has 4 rings (SSSR count). The lowest BCUT2D eigenvalue weighted by Crippen LogP contribution is -2.43. The van der Waals surface area contributed by atoms with Gasteiger partial charge in [-0.05, 0) is 31.7 Å². The van der Waals surface area contributed by atoms with E-state index in [0.29, 0.717) is 37.7 Å². The van der Waals surface area contributed by atoms with Gasteiger partial charge in [-0.1, -0.05) is 13.8 Å². The topological polar surface area (TPSA) is 78.0 Å². The summed E-state index contributed by atoms with van der Waals surface area (Å²) < 4.78 is 5.10. The van der Waals surface area contributed by atoms with Gasteiger partial charge in [0.2, 0.25) is 0 Å². The lowest BCUT2D eigenvalue weighted by Gasteiger charge is -2.28. The van der Waals surface area contributed by atoms with Gasteiger partial charge in [0.25, 0.3) is 5.91 Å². The van der Waals surface area contributed by atoms with Crippen LogP contribution < -0.4 is 5.69 Å². The number of nitrogens with zero attached hydrogens (tertiary/aromatic N) is 6. The molecule has 0 unspecified atom stereocenters. The molecule has 2 bridgehead atoms. The standard InChI is InChI=1S/C18H26N6O2/c1-4-22-15(7-8-19-22)17(25)24-13-5-6-14(24)11-21-16(9-13)20-23(18(21)26)10-12(2)3/h7-8,12-14H,4-6,9-11H2,1-3H3/t13-,14+/m0/s1. The maximum absolute atomic E-state index is 13.2. The van der Waals surface area contributed by atoms with Crippen LogP contribution in [0.4, 0.5) is 0 Å². The van der Waals surface area contributed by atoms with Crippen LogP contribution in [-0.4, -0.2) is 47.0 Å². The predicted molar refractivity (Wildman–Crippen MR) is 95.9 cm³/mol. The summed E-state index contributed by atoms with van der Waals surface area (Å²) in [7, 11) is 0. The van der Waals surface area contributed by atoms with Crippen LogP contribution in [0.15, 0.2) is 17.1 Å². The van der Waals surface area contributed by atoms with Crippen LogP contribution in [0.2, 0.25) is 0 Å². The summed E-state index contributed by atoms with van der Waals surface area (Å²) in [6.45, 7) is 7.98. The monoisotopic (exact) mass is 358 g/mol. The maximum atomic E-state index is 13.2. The summed E-state index contributed by atoms with van der Waals surface area (Å²) in [5.74, 6) is 1.20. The van der Waals surface area contributed by atoms with Gasteiger partial charge < -0.3 is 4.90 Å². The highest BCUT2D eigenvalue weighted by atomic mass is 16.2. The number of rotatable bonds is 4. The lowest BCUT2D eigenvalue weighted by atomic mass is 10.1. The van der Waals surface area contributed by atoms with Crippen LogP contribution in [-0.2, 0) is 26.1 Å². The minimum absolute atomic E-state index is 0.0186. The zero-order valence-electron chi connectivity index (χ0n) is 15.6. The van der Waals surface area contributed by atoms with Crippen molar-refractivity contribution >= 4 is 5.91 Å². The molecule has 0 saturated carbocycles. The Bertz CT molecular complexity index is 877. The van der Waals surface area contributed by atoms with Crippen LogP contribution >= 0.6 is 0 Å². The first-order valence-corrected chi connectivity index (χ1v) is 9.50. The molecule has 0 N–H and O–H groups in total. The molecule has 0 radical (unpaired) electrons. The number of aromatic nitrogens is 5. The van der Waals surface area contributed by atoms with E-state index in [1.54, 1.807) is 26.2 Å². The summed E-state index contributed by atoms with van der Waals surface area (Å²) in [4.78, 5) is 27.9. The van der Waals surface area contributed by atoms with Crippen LogP contribution in [0, 0.1) is 5.92 Å². The van der Waals surface area contributed by atoms with Gasteiger partial charge in [0.15, 0.2) is 0 Å². The van der Waals surface area contributed by atoms with Crippen molar-refractivity contribution in [3.05, 3.63) is 34.3 Å². The summed E-state index contributed by atoms with van der Waals surface area (Å²) in [6.07, 6.45) is 4.20. The largest absolute Gasteiger partial charge is 0.345 e. The second-order valence-electron chi connectivity index (χ2n) is 7.72. The minimum Gasteiger partial charge on any atom is -0.329 e. The average molecular weight is 358 g/mol. The lowest BCUT2D eigenvalue weighted by molar-refractivity contribution is 0.0652. The molecule has 0 aliphatic carbocycles. The fraction of sp³-hybridized carbons (Fsp3) is 0.667. The van der Waals surface area contributed by atoms with Crippen LogP contribution in [0.5, 0.6) is 0 Å². The van der Waals surface area contributed by atoms with Gasteiger partial charge in [-0.2, -0.15) is 10.2 Å². The Labute approximate surface area is 152 Å². The number of hydrogen-bond donors (Lipinski definition) is 0. The minimum atomic E-state index is -0.0488. The van der Waals surface area contributed by atoms with Crippen molar-refractivity contribution in [3.63, 3.8) is 0 Å². The molecule has 140 valence electrons. The third-order valence-corrected chi connectivity index (χ3v) is 5.44. The van der Waals surface area contributed by atoms with Crippen LogP contribution in [0.25, 0.3) is 0 Å². The molecule has 1 amide bonds. The number of carbonyl (C=O) groups excluding carboxylic acids is 1. The van der Waals surface area contributed by atoms with Crippen molar-refractivity contribution in [2.45, 2.75) is 71.8 Å². The molecular weight excluding hydrogens is 332 g/mol. The van der Waals surface area contributed by atoms with Crippen molar-refractivity contribution in [2.75, 3.05) is 0 Å². The smallest absolute Gasteiger partial charge is 0.329 e. The highest BCUT2D eigenvalue weighted by Crippen LogP contribution is 2.31. The highest BCUT2D eigenvalue weighted by molar-refractivity contribution is 5.93. The average Bonchev–Trinajstić information content (AvgIpc) is 3.25. The fourth-order valence-corrected chi connectivity index (χ4v) is 4.28. The van der Waals surface area contributed by atoms with E-state index in [9.17, 15) is 9.59 Å². The van der Waals surface area contributed by atoms with Crippen molar-refractivity contribution in [1.29, 1.82) is 0 Å². The number of amides is 1. The molecule has 2 aliphatic rings. The van der Waals surface area contributed by atoms with E-state index in [-0.39, 0.29) is 23.7 Å². The molecule has 2 aliphatic heterocycles. The Balaban J connectivity index is 1.65.